The van der Waals surface area contributed by atoms with Crippen molar-refractivity contribution in [3.8, 4) is 0 Å². The number of carbonyl (C=O) groups excluding carboxylic acids is 4. The molecule has 0 bridgehead atoms. The van der Waals surface area contributed by atoms with Crippen LogP contribution in [0, 0.1) is 81.1 Å². The van der Waals surface area contributed by atoms with Gasteiger partial charge < -0.3 is 96.2 Å². The van der Waals surface area contributed by atoms with Gasteiger partial charge in [-0.2, -0.15) is 0 Å². The average Bonchev–Trinajstić information content (AvgIpc) is 1.66. The molecule has 1 aromatic heterocycles. The smallest absolute Gasteiger partial charge is 0.306 e. The van der Waals surface area contributed by atoms with Gasteiger partial charge in [-0.1, -0.05) is 75.2 Å². The number of nitrogens with one attached hydrogen (secondary N) is 2. The van der Waals surface area contributed by atoms with Gasteiger partial charge in [0.1, 0.15) is 53.9 Å². The molecule has 6 saturated heterocycles. The molecule has 31 heteroatoms. The van der Waals surface area contributed by atoms with Crippen molar-refractivity contribution in [2.24, 2.45) is 76.1 Å². The highest BCUT2D eigenvalue weighted by molar-refractivity contribution is 7.15. The van der Waals surface area contributed by atoms with Crippen LogP contribution in [0.15, 0.2) is 58.4 Å². The summed E-state index contributed by atoms with van der Waals surface area (Å²) in [6, 6.07) is 0.676. The van der Waals surface area contributed by atoms with Gasteiger partial charge in [0.25, 0.3) is 5.96 Å². The van der Waals surface area contributed by atoms with E-state index in [1.807, 2.05) is 27.7 Å². The fraction of sp³-hybridized carbons (Fsp3) is 0.820. The molecule has 7 heterocycles. The molecule has 8 fully saturated rings. The third kappa shape index (κ3) is 22.8. The number of carbonyl (C=O) groups is 4. The number of esters is 2. The number of nitro groups is 1. The van der Waals surface area contributed by atoms with Gasteiger partial charge in [0.2, 0.25) is 0 Å². The number of nitrogens with zero attached hydrogens (tertiary/aromatic N) is 5. The maximum atomic E-state index is 14.7. The Kier molecular flexibility index (Phi) is 35.2. The Bertz CT molecular complexity index is 3700. The number of ether oxygens (including phenoxy) is 16. The van der Waals surface area contributed by atoms with Gasteiger partial charge in [0, 0.05) is 96.5 Å². The SMILES string of the molecule is CC[C@H]1CCC[C@H](O[C@H]2CC[C@H](N(C)C)[C@@H](C)O2)[C@@H](C)C(=O)C2=C[C@@H]3[C@@H](C=C(C)[C@@H]4C[C@@H](O[C@@H]5O[C@@H](C)[C@H](OC)[C@@H](OC)[C@H]5OC)C[C@@H]34)[C@@H]2CC(=O)O1.CC[C@H]1CCC[C@H](O[C@H]2CC[C@H](N(C)C)[C@@H](C)O2)[C@@H](C)C(=O)C2=C[C@@H]3[C@@H](C=C[C@@H]4C[C@@H](O[C@@H]5O[C@@H](C)[C@H](OC)[C@@H](OC)[C@H]5OC)C[C@@H]34)[C@@H]2CC(=O)O1.CN/C(=N\[N+](=O)[O-])NCc1cnc(Cl)s1. The topological polar surface area (TPSA) is 315 Å². The lowest BCUT2D eigenvalue weighted by molar-refractivity contribution is -0.485. The van der Waals surface area contributed by atoms with Crippen LogP contribution in [-0.2, 0) is 102 Å². The summed E-state index contributed by atoms with van der Waals surface area (Å²) >= 11 is 6.92. The first-order valence-electron chi connectivity index (χ1n) is 44.2. The number of hydrogen-bond donors (Lipinski definition) is 2. The molecule has 29 nitrogen and oxygen atoms in total. The van der Waals surface area contributed by atoms with Crippen molar-refractivity contribution in [2.45, 2.75) is 319 Å². The normalized spacial score (nSPS) is 41.2. The average molecular weight is 1730 g/mol. The fourth-order valence-electron chi connectivity index (χ4n) is 22.0. The van der Waals surface area contributed by atoms with Crippen molar-refractivity contribution < 1.29 is 100 Å². The molecule has 6 aliphatic heterocycles. The van der Waals surface area contributed by atoms with Gasteiger partial charge in [-0.05, 0) is 224 Å². The van der Waals surface area contributed by atoms with Crippen molar-refractivity contribution in [3.05, 3.63) is 72.8 Å². The summed E-state index contributed by atoms with van der Waals surface area (Å²) < 4.78 is 99.7. The Hall–Kier alpha value is -4.81. The number of allylic oxidation sites excluding steroid dienone is 8. The molecule has 13 rings (SSSR count). The second-order valence-electron chi connectivity index (χ2n) is 35.8. The minimum absolute atomic E-state index is 0.0364. The van der Waals surface area contributed by atoms with Crippen LogP contribution < -0.4 is 10.6 Å². The zero-order chi connectivity index (χ0) is 86.7. The number of ketones is 2. The van der Waals surface area contributed by atoms with Gasteiger partial charge in [0.05, 0.1) is 68.2 Å². The maximum Gasteiger partial charge on any atom is 0.306 e. The van der Waals surface area contributed by atoms with Gasteiger partial charge in [-0.25, -0.2) is 15.1 Å². The van der Waals surface area contributed by atoms with E-state index in [0.29, 0.717) is 47.8 Å². The Labute approximate surface area is 720 Å². The lowest BCUT2D eigenvalue weighted by Gasteiger charge is -2.44. The summed E-state index contributed by atoms with van der Waals surface area (Å²) in [4.78, 5) is 75.7. The van der Waals surface area contributed by atoms with E-state index in [1.165, 1.54) is 24.0 Å². The van der Waals surface area contributed by atoms with Crippen molar-refractivity contribution in [2.75, 3.05) is 77.9 Å². The van der Waals surface area contributed by atoms with Crippen LogP contribution in [0.4, 0.5) is 0 Å². The quantitative estimate of drug-likeness (QED) is 0.0288. The number of cyclic esters (lactones) is 2. The highest BCUT2D eigenvalue weighted by Crippen LogP contribution is 2.58. The van der Waals surface area contributed by atoms with Crippen LogP contribution in [0.1, 0.15) is 183 Å². The molecule has 2 N–H and O–H groups in total. The molecule has 1 aromatic rings. The van der Waals surface area contributed by atoms with Crippen molar-refractivity contribution in [1.82, 2.24) is 25.4 Å². The third-order valence-corrected chi connectivity index (χ3v) is 29.4. The standard InChI is InChI=1S/C42H67NO10.C41H65NO10.C6H8ClN5O2S/c1-11-26-13-12-14-35(53-37-16-15-34(43(6)7)24(4)49-37)23(3)38(45)33-20-31-29(32(33)21-36(44)51-26)17-22(2)28-18-27(19-30(28)31)52-42-41(48-10)40(47-9)39(46-8)25(5)50-42;1-10-26-12-11-13-34(52-36-17-16-33(42(5)6)23(3)48-36)22(2)37(44)32-20-30-28(31(32)21-35(43)50-26)15-14-25-18-27(19-29(25)30)51-41-40(47-9)39(46-8)38(45-7)24(4)49-41;1-8-6(11-12(13)14)10-3-4-2-9-5(7)15-4/h17,20,23-32,34-35,37,39-42H,11-16,18-19,21H2,1-10H3;14-15,20,22-31,33-34,36,38-41H,10-13,16-19,21H2,1-9H3;2H,3H2,1H3,(H2,8,10,11)/t23-,24-,25+,26+,27-,28+,29-,30-,31-,32+,34+,35+,37+,39+,40-,41-,42+;22-,23-,24+,25-,26+,27-,28-,29-,30-,31+,33+,34+,36+,38+,39-,40-,41+;/m11./s1. The Balaban J connectivity index is 0.000000200. The van der Waals surface area contributed by atoms with E-state index < -0.39 is 29.8 Å². The predicted octanol–water partition coefficient (Wildman–Crippen LogP) is 12.0. The molecule has 0 radical (unpaired) electrons. The molecule has 12 aliphatic rings. The van der Waals surface area contributed by atoms with Crippen LogP contribution in [0.3, 0.4) is 0 Å². The molecule has 0 amide bonds. The molecular formula is C89H140ClN7O22S. The van der Waals surface area contributed by atoms with E-state index >= 15 is 0 Å². The first-order chi connectivity index (χ1) is 57.5. The lowest BCUT2D eigenvalue weighted by atomic mass is 9.67. The Morgan fingerprint density at radius 2 is 1.03 bits per heavy atom. The summed E-state index contributed by atoms with van der Waals surface area (Å²) in [5, 5.41) is 17.7. The number of likely N-dealkylation sites (N-methyl/N-ethyl adjacent to an activating group) is 2. The third-order valence-electron chi connectivity index (χ3n) is 28.3. The number of hydrazone groups is 1. The fourth-order valence-corrected chi connectivity index (χ4v) is 22.9. The van der Waals surface area contributed by atoms with Gasteiger partial charge >= 0.3 is 11.9 Å². The second kappa shape index (κ2) is 44.1. The largest absolute Gasteiger partial charge is 0.462 e. The summed E-state index contributed by atoms with van der Waals surface area (Å²) in [6.07, 6.45) is 21.0. The molecule has 676 valence electrons. The minimum atomic E-state index is -0.779. The van der Waals surface area contributed by atoms with Crippen molar-refractivity contribution >= 4 is 52.4 Å². The molecule has 0 unspecified atom stereocenters. The zero-order valence-electron chi connectivity index (χ0n) is 74.5. The number of guanidine groups is 1. The predicted molar refractivity (Wildman–Crippen MR) is 451 cm³/mol. The highest BCUT2D eigenvalue weighted by Gasteiger charge is 2.57. The molecule has 2 saturated carbocycles. The van der Waals surface area contributed by atoms with Crippen LogP contribution in [0.25, 0.3) is 0 Å². The monoisotopic (exact) mass is 1730 g/mol. The lowest BCUT2D eigenvalue weighted by Crippen LogP contribution is -2.59. The molecule has 6 aliphatic carbocycles. The van der Waals surface area contributed by atoms with Crippen LogP contribution in [-0.4, -0.2) is 262 Å². The number of rotatable bonds is 21. The van der Waals surface area contributed by atoms with Crippen LogP contribution >= 0.6 is 22.9 Å². The number of hydrogen-bond acceptors (Lipinski definition) is 26. The van der Waals surface area contributed by atoms with E-state index in [0.717, 1.165) is 106 Å². The Morgan fingerprint density at radius 3 is 1.47 bits per heavy atom. The summed E-state index contributed by atoms with van der Waals surface area (Å²) in [5.74, 6) is 0.117. The number of Topliss-reactive ketones (excluding diaryl/α,β-unsaturated/α-hetero) is 2. The Morgan fingerprint density at radius 1 is 0.567 bits per heavy atom. The van der Waals surface area contributed by atoms with Gasteiger partial charge in [-0.3, -0.25) is 19.2 Å². The molecule has 120 heavy (non-hydrogen) atoms. The molecular weight excluding hydrogens is 1590 g/mol. The van der Waals surface area contributed by atoms with E-state index in [9.17, 15) is 29.3 Å². The molecule has 0 spiro atoms. The highest BCUT2D eigenvalue weighted by atomic mass is 35.5. The zero-order valence-corrected chi connectivity index (χ0v) is 76.1. The summed E-state index contributed by atoms with van der Waals surface area (Å²) in [6.45, 7) is 18.9. The van der Waals surface area contributed by atoms with Gasteiger partial charge in [0.15, 0.2) is 46.2 Å². The number of halogens is 1. The maximum absolute atomic E-state index is 14.7. The first-order valence-corrected chi connectivity index (χ1v) is 45.4. The van der Waals surface area contributed by atoms with E-state index in [4.69, 9.17) is 87.4 Å². The summed E-state index contributed by atoms with van der Waals surface area (Å²) in [7, 11) is 19.9. The van der Waals surface area contributed by atoms with E-state index in [-0.39, 0.29) is 200 Å². The minimum Gasteiger partial charge on any atom is -0.462 e. The van der Waals surface area contributed by atoms with Crippen molar-refractivity contribution in [3.63, 3.8) is 0 Å². The van der Waals surface area contributed by atoms with E-state index in [1.54, 1.807) is 48.9 Å². The van der Waals surface area contributed by atoms with Gasteiger partial charge in [-0.15, -0.1) is 11.3 Å². The number of fused-ring (bicyclic) bond motifs is 10. The van der Waals surface area contributed by atoms with Crippen molar-refractivity contribution in [1.29, 1.82) is 0 Å². The number of aromatic nitrogens is 1. The van der Waals surface area contributed by atoms with E-state index in [2.05, 4.69) is 124 Å². The number of thiazole rings is 1. The molecule has 34 atom stereocenters. The number of methoxy groups -OCH3 is 6. The second-order valence-corrected chi connectivity index (χ2v) is 37.5. The van der Waals surface area contributed by atoms with Crippen LogP contribution in [0.2, 0.25) is 4.47 Å². The van der Waals surface area contributed by atoms with Crippen LogP contribution in [0.5, 0.6) is 0 Å². The summed E-state index contributed by atoms with van der Waals surface area (Å²) in [5.41, 5.74) is 2.84. The first kappa shape index (κ1) is 95.8. The molecule has 0 aromatic carbocycles.